The van der Waals surface area contributed by atoms with Gasteiger partial charge in [-0.05, 0) is 49.4 Å². The van der Waals surface area contributed by atoms with Crippen molar-refractivity contribution in [1.29, 1.82) is 0 Å². The predicted molar refractivity (Wildman–Crippen MR) is 92.1 cm³/mol. The standard InChI is InChI=1S/C18H29N3O2/c1-15-7-10-21(11-8-15)14-17-5-3-16(4-6-17)13-20-18(23)19-9-2-12-22/h3-6,15,22H,2,7-14H2,1H3,(H2,19,20,23). The number of aliphatic hydroxyl groups is 1. The second-order valence-corrected chi connectivity index (χ2v) is 6.46. The molecular formula is C18H29N3O2. The number of nitrogens with one attached hydrogen (secondary N) is 2. The molecule has 0 saturated carbocycles. The van der Waals surface area contributed by atoms with Crippen molar-refractivity contribution in [1.82, 2.24) is 15.5 Å². The van der Waals surface area contributed by atoms with Crippen LogP contribution in [0.1, 0.15) is 37.3 Å². The molecule has 5 heteroatoms. The van der Waals surface area contributed by atoms with Crippen molar-refractivity contribution in [2.75, 3.05) is 26.2 Å². The van der Waals surface area contributed by atoms with Gasteiger partial charge in [-0.15, -0.1) is 0 Å². The van der Waals surface area contributed by atoms with Crippen molar-refractivity contribution >= 4 is 6.03 Å². The molecule has 2 rings (SSSR count). The van der Waals surface area contributed by atoms with Crippen molar-refractivity contribution in [2.24, 2.45) is 5.92 Å². The molecule has 0 aromatic heterocycles. The molecule has 1 aliphatic rings. The first kappa shape index (κ1) is 17.8. The molecule has 2 amide bonds. The number of rotatable bonds is 7. The molecule has 0 spiro atoms. The van der Waals surface area contributed by atoms with Crippen LogP contribution < -0.4 is 10.6 Å². The van der Waals surface area contributed by atoms with Crippen molar-refractivity contribution in [3.05, 3.63) is 35.4 Å². The van der Waals surface area contributed by atoms with E-state index in [0.717, 1.165) is 18.0 Å². The van der Waals surface area contributed by atoms with Crippen LogP contribution >= 0.6 is 0 Å². The molecule has 1 fully saturated rings. The number of benzene rings is 1. The van der Waals surface area contributed by atoms with E-state index < -0.39 is 0 Å². The summed E-state index contributed by atoms with van der Waals surface area (Å²) < 4.78 is 0. The third-order valence-electron chi connectivity index (χ3n) is 4.38. The molecule has 128 valence electrons. The van der Waals surface area contributed by atoms with Crippen LogP contribution in [-0.4, -0.2) is 42.3 Å². The fourth-order valence-corrected chi connectivity index (χ4v) is 2.77. The van der Waals surface area contributed by atoms with Crippen LogP contribution in [0.3, 0.4) is 0 Å². The zero-order valence-corrected chi connectivity index (χ0v) is 14.1. The molecule has 0 aliphatic carbocycles. The number of hydrogen-bond acceptors (Lipinski definition) is 3. The SMILES string of the molecule is CC1CCN(Cc2ccc(CNC(=O)NCCCO)cc2)CC1. The Morgan fingerprint density at radius 1 is 1.17 bits per heavy atom. The lowest BCUT2D eigenvalue weighted by molar-refractivity contribution is 0.185. The van der Waals surface area contributed by atoms with Gasteiger partial charge in [0.05, 0.1) is 0 Å². The summed E-state index contributed by atoms with van der Waals surface area (Å²) in [6.07, 6.45) is 3.18. The number of hydrogen-bond donors (Lipinski definition) is 3. The van der Waals surface area contributed by atoms with Gasteiger partial charge in [0, 0.05) is 26.2 Å². The summed E-state index contributed by atoms with van der Waals surface area (Å²) >= 11 is 0. The van der Waals surface area contributed by atoms with E-state index >= 15 is 0 Å². The molecular weight excluding hydrogens is 290 g/mol. The molecule has 1 aromatic rings. The Morgan fingerprint density at radius 2 is 1.83 bits per heavy atom. The van der Waals surface area contributed by atoms with E-state index in [-0.39, 0.29) is 12.6 Å². The van der Waals surface area contributed by atoms with E-state index in [1.54, 1.807) is 0 Å². The minimum Gasteiger partial charge on any atom is -0.396 e. The number of nitrogens with zero attached hydrogens (tertiary/aromatic N) is 1. The van der Waals surface area contributed by atoms with Gasteiger partial charge >= 0.3 is 6.03 Å². The van der Waals surface area contributed by atoms with Gasteiger partial charge in [-0.25, -0.2) is 4.79 Å². The molecule has 3 N–H and O–H groups in total. The second kappa shape index (κ2) is 9.53. The van der Waals surface area contributed by atoms with Crippen LogP contribution in [0.5, 0.6) is 0 Å². The van der Waals surface area contributed by atoms with Gasteiger partial charge in [0.1, 0.15) is 0 Å². The van der Waals surface area contributed by atoms with Crippen molar-refractivity contribution < 1.29 is 9.90 Å². The van der Waals surface area contributed by atoms with Crippen molar-refractivity contribution in [2.45, 2.75) is 39.3 Å². The molecule has 23 heavy (non-hydrogen) atoms. The highest BCUT2D eigenvalue weighted by molar-refractivity contribution is 5.73. The Labute approximate surface area is 139 Å². The van der Waals surface area contributed by atoms with Crippen LogP contribution in [0.2, 0.25) is 0 Å². The normalized spacial score (nSPS) is 16.3. The van der Waals surface area contributed by atoms with Crippen LogP contribution in [0.15, 0.2) is 24.3 Å². The molecule has 1 aliphatic heterocycles. The number of carbonyl (C=O) groups excluding carboxylic acids is 1. The first-order chi connectivity index (χ1) is 11.2. The maximum Gasteiger partial charge on any atom is 0.315 e. The predicted octanol–water partition coefficient (Wildman–Crippen LogP) is 2.10. The average molecular weight is 319 g/mol. The molecule has 0 atom stereocenters. The van der Waals surface area contributed by atoms with E-state index in [1.165, 1.54) is 31.5 Å². The van der Waals surface area contributed by atoms with Gasteiger partial charge in [0.25, 0.3) is 0 Å². The number of piperidine rings is 1. The third kappa shape index (κ3) is 6.59. The van der Waals surface area contributed by atoms with Gasteiger partial charge in [-0.3, -0.25) is 4.90 Å². The highest BCUT2D eigenvalue weighted by atomic mass is 16.3. The van der Waals surface area contributed by atoms with Crippen LogP contribution in [0.4, 0.5) is 4.79 Å². The summed E-state index contributed by atoms with van der Waals surface area (Å²) in [6, 6.07) is 8.27. The van der Waals surface area contributed by atoms with Gasteiger partial charge in [-0.1, -0.05) is 31.2 Å². The average Bonchev–Trinajstić information content (AvgIpc) is 2.57. The lowest BCUT2D eigenvalue weighted by Crippen LogP contribution is -2.35. The quantitative estimate of drug-likeness (QED) is 0.674. The summed E-state index contributed by atoms with van der Waals surface area (Å²) in [6.45, 7) is 6.85. The molecule has 1 heterocycles. The van der Waals surface area contributed by atoms with E-state index in [2.05, 4.69) is 46.7 Å². The maximum atomic E-state index is 11.5. The summed E-state index contributed by atoms with van der Waals surface area (Å²) in [4.78, 5) is 14.1. The Balaban J connectivity index is 1.70. The molecule has 0 unspecified atom stereocenters. The van der Waals surface area contributed by atoms with Gasteiger partial charge < -0.3 is 15.7 Å². The summed E-state index contributed by atoms with van der Waals surface area (Å²) in [5, 5.41) is 14.2. The van der Waals surface area contributed by atoms with E-state index in [1.807, 2.05) is 0 Å². The fourth-order valence-electron chi connectivity index (χ4n) is 2.77. The lowest BCUT2D eigenvalue weighted by Gasteiger charge is -2.30. The highest BCUT2D eigenvalue weighted by Gasteiger charge is 2.15. The van der Waals surface area contributed by atoms with Gasteiger partial charge in [0.15, 0.2) is 0 Å². The lowest BCUT2D eigenvalue weighted by atomic mass is 9.99. The van der Waals surface area contributed by atoms with Crippen LogP contribution in [0, 0.1) is 5.92 Å². The monoisotopic (exact) mass is 319 g/mol. The summed E-state index contributed by atoms with van der Waals surface area (Å²) in [5.41, 5.74) is 2.43. The van der Waals surface area contributed by atoms with Crippen LogP contribution in [0.25, 0.3) is 0 Å². The summed E-state index contributed by atoms with van der Waals surface area (Å²) in [7, 11) is 0. The first-order valence-electron chi connectivity index (χ1n) is 8.60. The highest BCUT2D eigenvalue weighted by Crippen LogP contribution is 2.18. The topological polar surface area (TPSA) is 64.6 Å². The number of aliphatic hydroxyl groups excluding tert-OH is 1. The number of likely N-dealkylation sites (tertiary alicyclic amines) is 1. The Hall–Kier alpha value is -1.59. The minimum atomic E-state index is -0.190. The van der Waals surface area contributed by atoms with Crippen molar-refractivity contribution in [3.8, 4) is 0 Å². The number of urea groups is 1. The molecule has 0 bridgehead atoms. The van der Waals surface area contributed by atoms with Crippen molar-refractivity contribution in [3.63, 3.8) is 0 Å². The second-order valence-electron chi connectivity index (χ2n) is 6.46. The zero-order valence-electron chi connectivity index (χ0n) is 14.1. The zero-order chi connectivity index (χ0) is 16.5. The largest absolute Gasteiger partial charge is 0.396 e. The minimum absolute atomic E-state index is 0.0949. The molecule has 0 radical (unpaired) electrons. The smallest absolute Gasteiger partial charge is 0.315 e. The fraction of sp³-hybridized carbons (Fsp3) is 0.611. The maximum absolute atomic E-state index is 11.5. The third-order valence-corrected chi connectivity index (χ3v) is 4.38. The summed E-state index contributed by atoms with van der Waals surface area (Å²) in [5.74, 6) is 0.864. The van der Waals surface area contributed by atoms with Gasteiger partial charge in [-0.2, -0.15) is 0 Å². The van der Waals surface area contributed by atoms with Gasteiger partial charge in [0.2, 0.25) is 0 Å². The van der Waals surface area contributed by atoms with E-state index in [0.29, 0.717) is 19.5 Å². The number of carbonyl (C=O) groups is 1. The first-order valence-corrected chi connectivity index (χ1v) is 8.60. The molecule has 5 nitrogen and oxygen atoms in total. The Bertz CT molecular complexity index is 468. The Morgan fingerprint density at radius 3 is 2.48 bits per heavy atom. The number of amides is 2. The van der Waals surface area contributed by atoms with E-state index in [4.69, 9.17) is 5.11 Å². The molecule has 1 aromatic carbocycles. The van der Waals surface area contributed by atoms with Crippen LogP contribution in [-0.2, 0) is 13.1 Å². The van der Waals surface area contributed by atoms with E-state index in [9.17, 15) is 4.79 Å². The Kier molecular flexibility index (Phi) is 7.36. The molecule has 1 saturated heterocycles.